The molecule has 3 nitrogen and oxygen atoms in total. The second-order valence-corrected chi connectivity index (χ2v) is 6.96. The topological polar surface area (TPSA) is 41.5 Å². The summed E-state index contributed by atoms with van der Waals surface area (Å²) < 4.78 is 0. The summed E-state index contributed by atoms with van der Waals surface area (Å²) in [5.74, 6) is -0.322. The summed E-state index contributed by atoms with van der Waals surface area (Å²) in [6.07, 6.45) is 1.62. The van der Waals surface area contributed by atoms with Gasteiger partial charge in [0.15, 0.2) is 0 Å². The third kappa shape index (κ3) is 4.67. The van der Waals surface area contributed by atoms with Crippen molar-refractivity contribution in [1.29, 1.82) is 0 Å². The molecular formula is C19H21ClN2O. The molecule has 0 fully saturated rings. The zero-order chi connectivity index (χ0) is 17.0. The Morgan fingerprint density at radius 3 is 2.35 bits per heavy atom. The largest absolute Gasteiger partial charge is 0.272 e. The highest BCUT2D eigenvalue weighted by Crippen LogP contribution is 2.21. The Morgan fingerprint density at radius 2 is 1.78 bits per heavy atom. The van der Waals surface area contributed by atoms with Crippen LogP contribution in [0.2, 0.25) is 5.02 Å². The average Bonchev–Trinajstić information content (AvgIpc) is 2.46. The van der Waals surface area contributed by atoms with Gasteiger partial charge in [0.1, 0.15) is 0 Å². The number of carbonyl (C=O) groups excluding carboxylic acids is 1. The van der Waals surface area contributed by atoms with Crippen LogP contribution in [0, 0.1) is 6.92 Å². The molecular weight excluding hydrogens is 308 g/mol. The van der Waals surface area contributed by atoms with Crippen molar-refractivity contribution in [3.05, 3.63) is 69.7 Å². The summed E-state index contributed by atoms with van der Waals surface area (Å²) in [7, 11) is 0. The minimum absolute atomic E-state index is 0.117. The lowest BCUT2D eigenvalue weighted by molar-refractivity contribution is 0.0955. The number of nitrogens with one attached hydrogen (secondary N) is 1. The van der Waals surface area contributed by atoms with Crippen LogP contribution >= 0.6 is 11.6 Å². The molecule has 2 aromatic rings. The molecule has 1 amide bonds. The fourth-order valence-electron chi connectivity index (χ4n) is 2.10. The zero-order valence-corrected chi connectivity index (χ0v) is 14.6. The lowest BCUT2D eigenvalue weighted by Gasteiger charge is -2.18. The summed E-state index contributed by atoms with van der Waals surface area (Å²) in [5.41, 5.74) is 6.22. The number of halogens is 1. The molecule has 0 aromatic heterocycles. The summed E-state index contributed by atoms with van der Waals surface area (Å²) in [6.45, 7) is 8.43. The molecule has 23 heavy (non-hydrogen) atoms. The lowest BCUT2D eigenvalue weighted by atomic mass is 9.87. The molecule has 0 aliphatic carbocycles. The van der Waals surface area contributed by atoms with E-state index in [9.17, 15) is 4.79 Å². The molecule has 4 heteroatoms. The number of carbonyl (C=O) groups is 1. The van der Waals surface area contributed by atoms with Gasteiger partial charge in [-0.15, -0.1) is 0 Å². The molecule has 0 heterocycles. The maximum Gasteiger partial charge on any atom is 0.272 e. The van der Waals surface area contributed by atoms with Crippen molar-refractivity contribution in [2.24, 2.45) is 5.10 Å². The second kappa shape index (κ2) is 6.97. The van der Waals surface area contributed by atoms with E-state index in [1.165, 1.54) is 5.56 Å². The Kier molecular flexibility index (Phi) is 5.22. The van der Waals surface area contributed by atoms with Crippen molar-refractivity contribution in [2.75, 3.05) is 0 Å². The number of hydrogen-bond acceptors (Lipinski definition) is 2. The van der Waals surface area contributed by atoms with Gasteiger partial charge in [0, 0.05) is 0 Å². The van der Waals surface area contributed by atoms with Gasteiger partial charge in [0.05, 0.1) is 16.8 Å². The Morgan fingerprint density at radius 1 is 1.13 bits per heavy atom. The van der Waals surface area contributed by atoms with Gasteiger partial charge in [-0.05, 0) is 41.2 Å². The van der Waals surface area contributed by atoms with E-state index >= 15 is 0 Å². The minimum atomic E-state index is -0.322. The maximum atomic E-state index is 12.0. The first-order chi connectivity index (χ1) is 10.8. The summed E-state index contributed by atoms with van der Waals surface area (Å²) in [4.78, 5) is 12.0. The highest BCUT2D eigenvalue weighted by Gasteiger charge is 2.12. The molecule has 1 N–H and O–H groups in total. The summed E-state index contributed by atoms with van der Waals surface area (Å²) in [6, 6.07) is 13.4. The van der Waals surface area contributed by atoms with Gasteiger partial charge < -0.3 is 0 Å². The maximum absolute atomic E-state index is 12.0. The van der Waals surface area contributed by atoms with Crippen LogP contribution in [-0.2, 0) is 5.41 Å². The lowest BCUT2D eigenvalue weighted by Crippen LogP contribution is -2.18. The Labute approximate surface area is 142 Å². The zero-order valence-electron chi connectivity index (χ0n) is 13.9. The van der Waals surface area contributed by atoms with Crippen LogP contribution in [0.15, 0.2) is 47.6 Å². The standard InChI is InChI=1S/C19H21ClN2O/c1-13-5-10-16(17(20)11-13)18(23)22-21-12-14-6-8-15(9-7-14)19(2,3)4/h5-12H,1-4H3,(H,22,23)/b21-12-. The fraction of sp³-hybridized carbons (Fsp3) is 0.263. The first-order valence-corrected chi connectivity index (χ1v) is 7.85. The molecule has 0 bridgehead atoms. The van der Waals surface area contributed by atoms with Gasteiger partial charge in [0.25, 0.3) is 5.91 Å². The van der Waals surface area contributed by atoms with Crippen LogP contribution < -0.4 is 5.43 Å². The van der Waals surface area contributed by atoms with E-state index in [1.807, 2.05) is 25.1 Å². The molecule has 0 saturated heterocycles. The van der Waals surface area contributed by atoms with E-state index in [0.717, 1.165) is 11.1 Å². The van der Waals surface area contributed by atoms with E-state index in [1.54, 1.807) is 18.3 Å². The van der Waals surface area contributed by atoms with Crippen molar-refractivity contribution < 1.29 is 4.79 Å². The number of hydrazone groups is 1. The van der Waals surface area contributed by atoms with Crippen LogP contribution in [0.3, 0.4) is 0 Å². The third-order valence-electron chi connectivity index (χ3n) is 3.53. The predicted octanol–water partition coefficient (Wildman–Crippen LogP) is 4.71. The highest BCUT2D eigenvalue weighted by atomic mass is 35.5. The second-order valence-electron chi connectivity index (χ2n) is 6.55. The molecule has 120 valence electrons. The molecule has 0 unspecified atom stereocenters. The van der Waals surface area contributed by atoms with Crippen molar-refractivity contribution in [1.82, 2.24) is 5.43 Å². The van der Waals surface area contributed by atoms with E-state index in [-0.39, 0.29) is 11.3 Å². The SMILES string of the molecule is Cc1ccc(C(=O)N/N=C\c2ccc(C(C)(C)C)cc2)c(Cl)c1. The number of rotatable bonds is 3. The molecule has 0 spiro atoms. The molecule has 0 radical (unpaired) electrons. The normalized spacial score (nSPS) is 11.7. The third-order valence-corrected chi connectivity index (χ3v) is 3.84. The van der Waals surface area contributed by atoms with Gasteiger partial charge in [-0.2, -0.15) is 5.10 Å². The van der Waals surface area contributed by atoms with E-state index in [0.29, 0.717) is 10.6 Å². The Balaban J connectivity index is 2.02. The van der Waals surface area contributed by atoms with Gasteiger partial charge >= 0.3 is 0 Å². The predicted molar refractivity (Wildman–Crippen MR) is 96.4 cm³/mol. The smallest absolute Gasteiger partial charge is 0.267 e. The fourth-order valence-corrected chi connectivity index (χ4v) is 2.42. The molecule has 2 rings (SSSR count). The molecule has 0 aliphatic heterocycles. The average molecular weight is 329 g/mol. The van der Waals surface area contributed by atoms with Gasteiger partial charge in [0.2, 0.25) is 0 Å². The van der Waals surface area contributed by atoms with Gasteiger partial charge in [-0.1, -0.05) is 62.7 Å². The number of hydrogen-bond donors (Lipinski definition) is 1. The van der Waals surface area contributed by atoms with Crippen LogP contribution in [0.5, 0.6) is 0 Å². The molecule has 2 aromatic carbocycles. The first kappa shape index (κ1) is 17.2. The van der Waals surface area contributed by atoms with E-state index in [4.69, 9.17) is 11.6 Å². The number of aryl methyl sites for hydroxylation is 1. The Bertz CT molecular complexity index is 728. The first-order valence-electron chi connectivity index (χ1n) is 7.47. The minimum Gasteiger partial charge on any atom is -0.267 e. The molecule has 0 saturated carbocycles. The van der Waals surface area contributed by atoms with Crippen molar-refractivity contribution in [3.63, 3.8) is 0 Å². The molecule has 0 atom stereocenters. The monoisotopic (exact) mass is 328 g/mol. The van der Waals surface area contributed by atoms with Crippen LogP contribution in [0.4, 0.5) is 0 Å². The van der Waals surface area contributed by atoms with Crippen LogP contribution in [0.25, 0.3) is 0 Å². The van der Waals surface area contributed by atoms with Crippen molar-refractivity contribution in [2.45, 2.75) is 33.1 Å². The number of benzene rings is 2. The van der Waals surface area contributed by atoms with E-state index < -0.39 is 0 Å². The van der Waals surface area contributed by atoms with Gasteiger partial charge in [-0.3, -0.25) is 4.79 Å². The van der Waals surface area contributed by atoms with Gasteiger partial charge in [-0.25, -0.2) is 5.43 Å². The molecule has 0 aliphatic rings. The van der Waals surface area contributed by atoms with E-state index in [2.05, 4.69) is 43.4 Å². The van der Waals surface area contributed by atoms with Crippen molar-refractivity contribution in [3.8, 4) is 0 Å². The summed E-state index contributed by atoms with van der Waals surface area (Å²) >= 11 is 6.07. The Hall–Kier alpha value is -2.13. The number of nitrogens with zero attached hydrogens (tertiary/aromatic N) is 1. The quantitative estimate of drug-likeness (QED) is 0.643. The van der Waals surface area contributed by atoms with Crippen molar-refractivity contribution >= 4 is 23.7 Å². The summed E-state index contributed by atoms with van der Waals surface area (Å²) in [5, 5.41) is 4.41. The highest BCUT2D eigenvalue weighted by molar-refractivity contribution is 6.33. The number of amides is 1. The van der Waals surface area contributed by atoms with Crippen LogP contribution in [-0.4, -0.2) is 12.1 Å². The van der Waals surface area contributed by atoms with Crippen LogP contribution in [0.1, 0.15) is 47.8 Å².